The van der Waals surface area contributed by atoms with Crippen LogP contribution in [0, 0.1) is 52.9 Å². The van der Waals surface area contributed by atoms with Crippen molar-refractivity contribution in [1.29, 1.82) is 0 Å². The van der Waals surface area contributed by atoms with Gasteiger partial charge in [0, 0.05) is 0 Å². The molecule has 1 atom stereocenters. The summed E-state index contributed by atoms with van der Waals surface area (Å²) in [5, 5.41) is 0. The molecule has 6 rings (SSSR count). The van der Waals surface area contributed by atoms with E-state index in [2.05, 4.69) is 150 Å². The molecule has 0 nitrogen and oxygen atoms in total. The normalized spacial score (nSPS) is 14.6. The largest absolute Gasteiger partial charge is 1.00 e. The third-order valence-corrected chi connectivity index (χ3v) is 18.2. The Balaban J connectivity index is 0.00000260. The van der Waals surface area contributed by atoms with Crippen LogP contribution >= 0.6 is 0 Å². The molecule has 0 saturated heterocycles. The maximum Gasteiger partial charge on any atom is -1.00 e. The summed E-state index contributed by atoms with van der Waals surface area (Å²) < 4.78 is 5.17. The second-order valence-corrected chi connectivity index (χ2v) is 22.4. The zero-order valence-corrected chi connectivity index (χ0v) is 35.1. The molecule has 0 amide bonds. The fraction of sp³-hybridized carbons (Fsp3) is 0.356. The molecule has 1 unspecified atom stereocenters. The van der Waals surface area contributed by atoms with E-state index in [1.165, 1.54) is 84.3 Å². The van der Waals surface area contributed by atoms with Crippen molar-refractivity contribution >= 4 is 6.48 Å². The molecule has 250 valence electrons. The van der Waals surface area contributed by atoms with E-state index in [9.17, 15) is 0 Å². The number of allylic oxidation sites excluding steroid dienone is 4. The van der Waals surface area contributed by atoms with Crippen LogP contribution in [0.25, 0.3) is 33.4 Å². The molecule has 0 fully saturated rings. The molecule has 3 heteroatoms. The van der Waals surface area contributed by atoms with Crippen LogP contribution in [0.3, 0.4) is 0 Å². The second-order valence-electron chi connectivity index (χ2n) is 15.5. The number of rotatable bonds is 5. The predicted octanol–water partition coefficient (Wildman–Crippen LogP) is 5.80. The third kappa shape index (κ3) is 6.87. The van der Waals surface area contributed by atoms with Crippen LogP contribution < -0.4 is 28.1 Å². The Morgan fingerprint density at radius 3 is 1.75 bits per heavy atom. The summed E-state index contributed by atoms with van der Waals surface area (Å²) >= 11 is -2.53. The van der Waals surface area contributed by atoms with Crippen LogP contribution in [0.2, 0.25) is 0 Å². The van der Waals surface area contributed by atoms with Crippen molar-refractivity contribution in [3.63, 3.8) is 0 Å². The van der Waals surface area contributed by atoms with Crippen molar-refractivity contribution in [3.05, 3.63) is 120 Å². The van der Waals surface area contributed by atoms with Crippen LogP contribution in [-0.2, 0) is 27.7 Å². The van der Waals surface area contributed by atoms with Gasteiger partial charge in [0.05, 0.1) is 0 Å². The van der Waals surface area contributed by atoms with Gasteiger partial charge >= 0.3 is 288 Å². The SMILES string of the molecule is CCC1C=C(C(C)(C)C)C=[C]1[Zr+2](=[C](C)C)[c]1c(-c2c(C)cc(C)cc2C)ccc2c1Cc1cc(-c3c(C)cc(C)cc3C)ccc1-2.[Cl-].[Cl-]. The standard InChI is InChI=1S/C31H29.C11H17.C3H6.2ClH.Zr/c1-18-11-20(3)30(21(4)12-18)24-7-9-28-26(15-24)17-27-16-25(8-10-29(27)28)31-22(5)13-19(2)14-23(31)6;1-5-9-6-7-10(8-9)11(2,3)4;1-3-2;;;/h7-15H,17H2,1-6H3;7-9H,5H2,1-4H3;1-2H3;2*1H;/q;;;;;+2/p-2. The van der Waals surface area contributed by atoms with Gasteiger partial charge in [-0.3, -0.25) is 0 Å². The van der Waals surface area contributed by atoms with Crippen molar-refractivity contribution in [2.75, 3.05) is 0 Å². The summed E-state index contributed by atoms with van der Waals surface area (Å²) in [6.07, 6.45) is 7.49. The van der Waals surface area contributed by atoms with Gasteiger partial charge in [0.2, 0.25) is 0 Å². The molecule has 0 bridgehead atoms. The van der Waals surface area contributed by atoms with E-state index in [4.69, 9.17) is 0 Å². The van der Waals surface area contributed by atoms with Crippen molar-refractivity contribution in [2.24, 2.45) is 11.3 Å². The summed E-state index contributed by atoms with van der Waals surface area (Å²) in [7, 11) is 0. The molecule has 0 aromatic heterocycles. The molecule has 0 radical (unpaired) electrons. The smallest absolute Gasteiger partial charge is 1.00 e. The molecule has 2 aliphatic rings. The maximum absolute atomic E-state index is 2.66. The first-order valence-corrected chi connectivity index (χ1v) is 21.0. The molecular formula is C45H52Cl2Zr. The fourth-order valence-electron chi connectivity index (χ4n) is 8.54. The van der Waals surface area contributed by atoms with E-state index in [1.807, 2.05) is 0 Å². The van der Waals surface area contributed by atoms with Gasteiger partial charge in [-0.15, -0.1) is 0 Å². The summed E-state index contributed by atoms with van der Waals surface area (Å²) in [6, 6.07) is 21.7. The molecule has 48 heavy (non-hydrogen) atoms. The zero-order chi connectivity index (χ0) is 33.2. The second kappa shape index (κ2) is 14.5. The topological polar surface area (TPSA) is 0 Å². The van der Waals surface area contributed by atoms with Crippen molar-refractivity contribution < 1.29 is 46.1 Å². The number of hydrogen-bond donors (Lipinski definition) is 0. The molecular weight excluding hydrogens is 703 g/mol. The summed E-state index contributed by atoms with van der Waals surface area (Å²) in [5.41, 5.74) is 21.6. The number of hydrogen-bond acceptors (Lipinski definition) is 0. The monoisotopic (exact) mass is 752 g/mol. The zero-order valence-electron chi connectivity index (χ0n) is 31.1. The Kier molecular flexibility index (Phi) is 11.6. The minimum absolute atomic E-state index is 0. The average molecular weight is 755 g/mol. The van der Waals surface area contributed by atoms with Crippen LogP contribution in [0.1, 0.15) is 92.5 Å². The van der Waals surface area contributed by atoms with Crippen LogP contribution in [0.4, 0.5) is 0 Å². The fourth-order valence-corrected chi connectivity index (χ4v) is 16.7. The molecule has 2 aliphatic carbocycles. The Labute approximate surface area is 311 Å². The Bertz CT molecular complexity index is 1960. The van der Waals surface area contributed by atoms with Crippen molar-refractivity contribution in [3.8, 4) is 33.4 Å². The minimum atomic E-state index is -2.53. The Morgan fingerprint density at radius 2 is 1.23 bits per heavy atom. The molecule has 4 aromatic carbocycles. The van der Waals surface area contributed by atoms with Gasteiger partial charge in [0.15, 0.2) is 0 Å². The molecule has 0 aliphatic heterocycles. The third-order valence-electron chi connectivity index (χ3n) is 10.4. The molecule has 0 saturated carbocycles. The van der Waals surface area contributed by atoms with Gasteiger partial charge in [-0.2, -0.15) is 0 Å². The Hall–Kier alpha value is -2.31. The van der Waals surface area contributed by atoms with Crippen molar-refractivity contribution in [1.82, 2.24) is 0 Å². The number of halogens is 2. The van der Waals surface area contributed by atoms with Crippen LogP contribution in [-0.4, -0.2) is 3.21 Å². The Morgan fingerprint density at radius 1 is 0.708 bits per heavy atom. The summed E-state index contributed by atoms with van der Waals surface area (Å²) in [5.74, 6) is 0.547. The van der Waals surface area contributed by atoms with Crippen LogP contribution in [0.5, 0.6) is 0 Å². The van der Waals surface area contributed by atoms with Gasteiger partial charge < -0.3 is 24.8 Å². The first-order chi connectivity index (χ1) is 21.7. The first kappa shape index (κ1) is 38.5. The molecule has 0 spiro atoms. The van der Waals surface area contributed by atoms with E-state index < -0.39 is 21.3 Å². The average Bonchev–Trinajstić information content (AvgIpc) is 3.54. The maximum atomic E-state index is 2.66. The number of aryl methyl sites for hydroxylation is 6. The van der Waals surface area contributed by atoms with E-state index in [-0.39, 0.29) is 30.2 Å². The van der Waals surface area contributed by atoms with Gasteiger partial charge in [-0.25, -0.2) is 0 Å². The van der Waals surface area contributed by atoms with E-state index in [0.29, 0.717) is 5.92 Å². The van der Waals surface area contributed by atoms with Crippen molar-refractivity contribution in [2.45, 2.75) is 95.9 Å². The van der Waals surface area contributed by atoms with Gasteiger partial charge in [-0.05, 0) is 0 Å². The molecule has 0 N–H and O–H groups in total. The summed E-state index contributed by atoms with van der Waals surface area (Å²) in [6.45, 7) is 28.1. The first-order valence-electron chi connectivity index (χ1n) is 17.3. The van der Waals surface area contributed by atoms with E-state index in [1.54, 1.807) is 15.3 Å². The number of benzene rings is 4. The van der Waals surface area contributed by atoms with Crippen LogP contribution in [0.15, 0.2) is 75.6 Å². The van der Waals surface area contributed by atoms with E-state index >= 15 is 0 Å². The summed E-state index contributed by atoms with van der Waals surface area (Å²) in [4.78, 5) is 0. The predicted molar refractivity (Wildman–Crippen MR) is 199 cm³/mol. The van der Waals surface area contributed by atoms with Gasteiger partial charge in [-0.1, -0.05) is 0 Å². The van der Waals surface area contributed by atoms with E-state index in [0.717, 1.165) is 6.42 Å². The minimum Gasteiger partial charge on any atom is -1.00 e. The number of fused-ring (bicyclic) bond motifs is 3. The van der Waals surface area contributed by atoms with Gasteiger partial charge in [0.25, 0.3) is 0 Å². The quantitative estimate of drug-likeness (QED) is 0.213. The van der Waals surface area contributed by atoms with Gasteiger partial charge in [0.1, 0.15) is 0 Å². The molecule has 0 heterocycles. The molecule has 4 aromatic rings.